The summed E-state index contributed by atoms with van der Waals surface area (Å²) in [6.45, 7) is -1.18. The van der Waals surface area contributed by atoms with Crippen molar-refractivity contribution >= 4 is 11.0 Å². The lowest BCUT2D eigenvalue weighted by Gasteiger charge is -2.41. The van der Waals surface area contributed by atoms with Crippen molar-refractivity contribution in [1.29, 1.82) is 0 Å². The highest BCUT2D eigenvalue weighted by Crippen LogP contribution is 2.45. The molecule has 2 saturated heterocycles. The second-order valence-electron chi connectivity index (χ2n) is 9.83. The van der Waals surface area contributed by atoms with Gasteiger partial charge in [0.1, 0.15) is 77.2 Å². The third-order valence-electron chi connectivity index (χ3n) is 7.23. The number of methoxy groups -OCH3 is 1. The van der Waals surface area contributed by atoms with Gasteiger partial charge in [-0.2, -0.15) is 0 Å². The number of phenolic OH excluding ortho intramolecular Hbond substituents is 1. The molecule has 0 spiro atoms. The van der Waals surface area contributed by atoms with Gasteiger partial charge in [0.15, 0.2) is 11.0 Å². The zero-order chi connectivity index (χ0) is 29.6. The average Bonchev–Trinajstić information content (AvgIpc) is 2.96. The zero-order valence-corrected chi connectivity index (χ0v) is 21.6. The molecule has 0 saturated carbocycles. The summed E-state index contributed by atoms with van der Waals surface area (Å²) in [6, 6.07) is 8.56. The number of fused-ring (bicyclic) bond motifs is 1. The van der Waals surface area contributed by atoms with Gasteiger partial charge in [0.2, 0.25) is 6.29 Å². The van der Waals surface area contributed by atoms with Crippen LogP contribution in [0.25, 0.3) is 22.3 Å². The summed E-state index contributed by atoms with van der Waals surface area (Å²) < 4.78 is 28.1. The van der Waals surface area contributed by atoms with Crippen LogP contribution in [0.15, 0.2) is 45.6 Å². The number of hydrogen-bond donors (Lipinski definition) is 8. The number of hydrogen-bond acceptors (Lipinski definition) is 14. The first-order chi connectivity index (χ1) is 19.5. The molecule has 5 rings (SSSR count). The highest BCUT2D eigenvalue weighted by Gasteiger charge is 2.47. The Labute approximate surface area is 231 Å². The summed E-state index contributed by atoms with van der Waals surface area (Å²) in [5.41, 5.74) is -0.843. The molecule has 1 aromatic heterocycles. The van der Waals surface area contributed by atoms with E-state index in [2.05, 4.69) is 0 Å². The van der Waals surface area contributed by atoms with E-state index in [9.17, 15) is 45.6 Å². The molecule has 3 heterocycles. The van der Waals surface area contributed by atoms with Crippen LogP contribution in [0.4, 0.5) is 0 Å². The molecule has 0 bridgehead atoms. The quantitative estimate of drug-likeness (QED) is 0.167. The highest BCUT2D eigenvalue weighted by atomic mass is 16.7. The summed E-state index contributed by atoms with van der Waals surface area (Å²) in [5, 5.41) is 82.4. The summed E-state index contributed by atoms with van der Waals surface area (Å²) in [6.07, 6.45) is -14.8. The molecule has 0 radical (unpaired) electrons. The van der Waals surface area contributed by atoms with Gasteiger partial charge in [0, 0.05) is 17.7 Å². The summed E-state index contributed by atoms with van der Waals surface area (Å²) in [7, 11) is 1.48. The lowest BCUT2D eigenvalue weighted by Crippen LogP contribution is -2.56. The maximum atomic E-state index is 13.3. The second-order valence-corrected chi connectivity index (χ2v) is 9.83. The van der Waals surface area contributed by atoms with E-state index in [0.29, 0.717) is 11.3 Å². The Morgan fingerprint density at radius 1 is 0.927 bits per heavy atom. The van der Waals surface area contributed by atoms with Crippen LogP contribution in [0, 0.1) is 0 Å². The minimum atomic E-state index is -1.86. The van der Waals surface area contributed by atoms with Gasteiger partial charge in [0.25, 0.3) is 0 Å². The van der Waals surface area contributed by atoms with Gasteiger partial charge >= 0.3 is 0 Å². The third kappa shape index (κ3) is 5.25. The van der Waals surface area contributed by atoms with Crippen LogP contribution >= 0.6 is 0 Å². The van der Waals surface area contributed by atoms with Crippen LogP contribution in [0.1, 0.15) is 11.7 Å². The largest absolute Gasteiger partial charge is 0.507 e. The fourth-order valence-corrected chi connectivity index (χ4v) is 4.92. The standard InChI is InChI=1S/C27H30O14/c1-37-11-4-2-10(3-5-11)15-6-12(29)18-13(30)7-16(41-27-24(36)20(32)14(31)9-38-27)19(25(18)39-15)26-23(35)22(34)21(33)17(8-28)40-26/h2-7,14,17,20-24,26-28,30-36H,8-9H2,1H3. The van der Waals surface area contributed by atoms with Crippen molar-refractivity contribution in [2.75, 3.05) is 20.3 Å². The molecule has 2 aromatic carbocycles. The number of ether oxygens (including phenoxy) is 4. The molecule has 14 nitrogen and oxygen atoms in total. The Hall–Kier alpha value is -3.31. The number of aromatic hydroxyl groups is 1. The van der Waals surface area contributed by atoms with Crippen LogP contribution in [0.3, 0.4) is 0 Å². The Balaban J connectivity index is 1.72. The maximum absolute atomic E-state index is 13.3. The molecular formula is C27H30O14. The van der Waals surface area contributed by atoms with Crippen LogP contribution in [-0.2, 0) is 9.47 Å². The Morgan fingerprint density at radius 3 is 2.29 bits per heavy atom. The van der Waals surface area contributed by atoms with E-state index in [1.54, 1.807) is 24.3 Å². The van der Waals surface area contributed by atoms with E-state index in [4.69, 9.17) is 23.4 Å². The summed E-state index contributed by atoms with van der Waals surface area (Å²) in [5.74, 6) is -0.420. The summed E-state index contributed by atoms with van der Waals surface area (Å²) >= 11 is 0. The lowest BCUT2D eigenvalue weighted by atomic mass is 9.89. The van der Waals surface area contributed by atoms with Crippen molar-refractivity contribution in [2.45, 2.75) is 55.1 Å². The van der Waals surface area contributed by atoms with Crippen LogP contribution in [0.5, 0.6) is 17.2 Å². The first-order valence-electron chi connectivity index (χ1n) is 12.7. The van der Waals surface area contributed by atoms with E-state index in [1.807, 2.05) is 0 Å². The Morgan fingerprint density at radius 2 is 1.63 bits per heavy atom. The van der Waals surface area contributed by atoms with Crippen LogP contribution < -0.4 is 14.9 Å². The van der Waals surface area contributed by atoms with Gasteiger partial charge < -0.3 is 64.2 Å². The molecule has 2 fully saturated rings. The third-order valence-corrected chi connectivity index (χ3v) is 7.23. The smallest absolute Gasteiger partial charge is 0.228 e. The van der Waals surface area contributed by atoms with Gasteiger partial charge in [0.05, 0.1) is 25.9 Å². The zero-order valence-electron chi connectivity index (χ0n) is 21.6. The highest BCUT2D eigenvalue weighted by molar-refractivity contribution is 5.89. The molecule has 2 aliphatic rings. The van der Waals surface area contributed by atoms with Crippen LogP contribution in [0.2, 0.25) is 0 Å². The molecule has 0 aliphatic carbocycles. The fourth-order valence-electron chi connectivity index (χ4n) is 4.92. The van der Waals surface area contributed by atoms with E-state index in [-0.39, 0.29) is 28.0 Å². The Kier molecular flexibility index (Phi) is 8.20. The molecule has 14 heteroatoms. The maximum Gasteiger partial charge on any atom is 0.228 e. The molecule has 9 atom stereocenters. The second kappa shape index (κ2) is 11.5. The first kappa shape index (κ1) is 29.2. The molecular weight excluding hydrogens is 548 g/mol. The molecule has 2 aliphatic heterocycles. The normalized spacial score (nSPS) is 32.1. The average molecular weight is 579 g/mol. The molecule has 41 heavy (non-hydrogen) atoms. The lowest BCUT2D eigenvalue weighted by molar-refractivity contribution is -0.244. The van der Waals surface area contributed by atoms with Crippen LogP contribution in [-0.4, -0.2) is 110 Å². The van der Waals surface area contributed by atoms with Crippen molar-refractivity contribution in [3.8, 4) is 28.6 Å². The van der Waals surface area contributed by atoms with Crippen molar-refractivity contribution in [1.82, 2.24) is 0 Å². The van der Waals surface area contributed by atoms with Crippen molar-refractivity contribution in [3.63, 3.8) is 0 Å². The first-order valence-corrected chi connectivity index (χ1v) is 12.7. The number of phenols is 1. The number of aliphatic hydroxyl groups excluding tert-OH is 7. The predicted octanol–water partition coefficient (Wildman–Crippen LogP) is -1.49. The monoisotopic (exact) mass is 578 g/mol. The van der Waals surface area contributed by atoms with Gasteiger partial charge in [-0.25, -0.2) is 0 Å². The number of benzene rings is 2. The topological polar surface area (TPSA) is 229 Å². The van der Waals surface area contributed by atoms with E-state index >= 15 is 0 Å². The van der Waals surface area contributed by atoms with Gasteiger partial charge in [-0.15, -0.1) is 0 Å². The van der Waals surface area contributed by atoms with Gasteiger partial charge in [-0.05, 0) is 24.3 Å². The fraction of sp³-hybridized carbons (Fsp3) is 0.444. The Bertz CT molecular complexity index is 1440. The van der Waals surface area contributed by atoms with Gasteiger partial charge in [-0.3, -0.25) is 4.79 Å². The van der Waals surface area contributed by atoms with Gasteiger partial charge in [-0.1, -0.05) is 0 Å². The van der Waals surface area contributed by atoms with E-state index in [0.717, 1.165) is 12.1 Å². The van der Waals surface area contributed by atoms with E-state index in [1.165, 1.54) is 7.11 Å². The minimum absolute atomic E-state index is 0.0278. The van der Waals surface area contributed by atoms with Crippen molar-refractivity contribution in [3.05, 3.63) is 52.2 Å². The molecule has 9 unspecified atom stereocenters. The molecule has 222 valence electrons. The summed E-state index contributed by atoms with van der Waals surface area (Å²) in [4.78, 5) is 13.3. The van der Waals surface area contributed by atoms with Crippen molar-refractivity contribution in [2.24, 2.45) is 0 Å². The SMILES string of the molecule is COc1ccc(-c2cc(=O)c3c(O)cc(OC4OCC(O)C(O)C4O)c(C4OC(CO)C(O)C(O)C4O)c3o2)cc1. The number of aliphatic hydroxyl groups is 7. The molecule has 8 N–H and O–H groups in total. The molecule has 3 aromatic rings. The van der Waals surface area contributed by atoms with Crippen molar-refractivity contribution < 1.29 is 64.2 Å². The number of rotatable bonds is 6. The molecule has 0 amide bonds. The van der Waals surface area contributed by atoms with E-state index < -0.39 is 79.5 Å². The predicted molar refractivity (Wildman–Crippen MR) is 137 cm³/mol. The minimum Gasteiger partial charge on any atom is -0.507 e.